The van der Waals surface area contributed by atoms with Gasteiger partial charge in [-0.25, -0.2) is 4.98 Å². The molecule has 0 unspecified atom stereocenters. The molecule has 0 saturated heterocycles. The Morgan fingerprint density at radius 2 is 2.20 bits per heavy atom. The number of hydrogen-bond donors (Lipinski definition) is 2. The molecule has 2 aromatic heterocycles. The second-order valence-electron chi connectivity index (χ2n) is 3.88. The van der Waals surface area contributed by atoms with Gasteiger partial charge in [0.15, 0.2) is 0 Å². The van der Waals surface area contributed by atoms with Gasteiger partial charge in [0.05, 0.1) is 6.20 Å². The van der Waals surface area contributed by atoms with Crippen LogP contribution in [-0.4, -0.2) is 38.5 Å². The third-order valence-corrected chi connectivity index (χ3v) is 3.24. The number of carbonyl (C=O) groups is 2. The van der Waals surface area contributed by atoms with E-state index in [0.29, 0.717) is 29.4 Å². The maximum Gasteiger partial charge on any atom is 0.303 e. The zero-order chi connectivity index (χ0) is 14.4. The Morgan fingerprint density at radius 3 is 2.90 bits per heavy atom. The molecular weight excluding hydrogens is 280 g/mol. The summed E-state index contributed by atoms with van der Waals surface area (Å²) in [5.41, 5.74) is 0.911. The highest BCUT2D eigenvalue weighted by atomic mass is 32.1. The number of aromatic nitrogens is 3. The van der Waals surface area contributed by atoms with E-state index >= 15 is 0 Å². The summed E-state index contributed by atoms with van der Waals surface area (Å²) in [5.74, 6) is -1.19. The Balaban J connectivity index is 1.92. The van der Waals surface area contributed by atoms with Gasteiger partial charge in [0.2, 0.25) is 0 Å². The third-order valence-electron chi connectivity index (χ3n) is 2.37. The van der Waals surface area contributed by atoms with Crippen LogP contribution in [0.25, 0.3) is 10.7 Å². The first-order chi connectivity index (χ1) is 9.66. The normalized spacial score (nSPS) is 10.2. The number of aliphatic carboxylic acids is 1. The van der Waals surface area contributed by atoms with Gasteiger partial charge in [0.25, 0.3) is 5.91 Å². The maximum absolute atomic E-state index is 11.8. The van der Waals surface area contributed by atoms with Crippen molar-refractivity contribution in [3.05, 3.63) is 29.7 Å². The number of amides is 1. The first-order valence-electron chi connectivity index (χ1n) is 5.88. The van der Waals surface area contributed by atoms with E-state index in [4.69, 9.17) is 5.11 Å². The summed E-state index contributed by atoms with van der Waals surface area (Å²) in [7, 11) is 0. The third kappa shape index (κ3) is 3.82. The standard InChI is InChI=1S/C12H12N4O3S/c17-10(18)2-1-3-15-11(19)9-7-20-12(16-9)8-6-13-4-5-14-8/h4-7H,1-3H2,(H,15,19)(H,17,18). The summed E-state index contributed by atoms with van der Waals surface area (Å²) in [4.78, 5) is 34.3. The summed E-state index contributed by atoms with van der Waals surface area (Å²) in [6.45, 7) is 0.309. The highest BCUT2D eigenvalue weighted by molar-refractivity contribution is 7.13. The Labute approximate surface area is 118 Å². The predicted molar refractivity (Wildman–Crippen MR) is 72.3 cm³/mol. The summed E-state index contributed by atoms with van der Waals surface area (Å²) in [5, 5.41) is 13.4. The molecule has 0 fully saturated rings. The number of carboxylic acid groups (broad SMARTS) is 1. The zero-order valence-corrected chi connectivity index (χ0v) is 11.3. The van der Waals surface area contributed by atoms with Crippen LogP contribution < -0.4 is 5.32 Å². The summed E-state index contributed by atoms with van der Waals surface area (Å²) >= 11 is 1.31. The van der Waals surface area contributed by atoms with E-state index in [9.17, 15) is 9.59 Å². The molecule has 0 spiro atoms. The smallest absolute Gasteiger partial charge is 0.303 e. The fourth-order valence-electron chi connectivity index (χ4n) is 1.44. The van der Waals surface area contributed by atoms with Crippen molar-refractivity contribution in [3.8, 4) is 10.7 Å². The van der Waals surface area contributed by atoms with Gasteiger partial charge < -0.3 is 10.4 Å². The quantitative estimate of drug-likeness (QED) is 0.775. The molecule has 2 N–H and O–H groups in total. The fourth-order valence-corrected chi connectivity index (χ4v) is 2.20. The molecule has 0 aliphatic heterocycles. The Bertz CT molecular complexity index is 600. The lowest BCUT2D eigenvalue weighted by Gasteiger charge is -2.00. The molecule has 20 heavy (non-hydrogen) atoms. The lowest BCUT2D eigenvalue weighted by Crippen LogP contribution is -2.25. The fraction of sp³-hybridized carbons (Fsp3) is 0.250. The molecule has 7 nitrogen and oxygen atoms in total. The van der Waals surface area contributed by atoms with E-state index in [1.807, 2.05) is 0 Å². The largest absolute Gasteiger partial charge is 0.481 e. The van der Waals surface area contributed by atoms with Gasteiger partial charge in [0, 0.05) is 30.7 Å². The predicted octanol–water partition coefficient (Wildman–Crippen LogP) is 1.19. The van der Waals surface area contributed by atoms with Crippen LogP contribution in [0.5, 0.6) is 0 Å². The van der Waals surface area contributed by atoms with Crippen LogP contribution in [0.3, 0.4) is 0 Å². The van der Waals surface area contributed by atoms with Crippen molar-refractivity contribution in [2.75, 3.05) is 6.54 Å². The van der Waals surface area contributed by atoms with Crippen molar-refractivity contribution in [2.45, 2.75) is 12.8 Å². The topological polar surface area (TPSA) is 105 Å². The molecule has 0 aliphatic rings. The molecule has 0 saturated carbocycles. The van der Waals surface area contributed by atoms with Gasteiger partial charge in [-0.15, -0.1) is 11.3 Å². The van der Waals surface area contributed by atoms with Gasteiger partial charge >= 0.3 is 5.97 Å². The molecular formula is C12H12N4O3S. The zero-order valence-electron chi connectivity index (χ0n) is 10.4. The van der Waals surface area contributed by atoms with Crippen LogP contribution >= 0.6 is 11.3 Å². The highest BCUT2D eigenvalue weighted by Gasteiger charge is 2.12. The summed E-state index contributed by atoms with van der Waals surface area (Å²) < 4.78 is 0. The first-order valence-corrected chi connectivity index (χ1v) is 6.76. The number of nitrogens with one attached hydrogen (secondary N) is 1. The van der Waals surface area contributed by atoms with Crippen LogP contribution in [0, 0.1) is 0 Å². The van der Waals surface area contributed by atoms with E-state index in [1.165, 1.54) is 11.3 Å². The molecule has 0 atom stereocenters. The van der Waals surface area contributed by atoms with E-state index in [0.717, 1.165) is 0 Å². The summed E-state index contributed by atoms with van der Waals surface area (Å²) in [6.07, 6.45) is 5.12. The molecule has 0 bridgehead atoms. The maximum atomic E-state index is 11.8. The van der Waals surface area contributed by atoms with Crippen molar-refractivity contribution in [2.24, 2.45) is 0 Å². The van der Waals surface area contributed by atoms with E-state index in [-0.39, 0.29) is 12.3 Å². The average Bonchev–Trinajstić information content (AvgIpc) is 2.94. The molecule has 2 aromatic rings. The Hall–Kier alpha value is -2.35. The van der Waals surface area contributed by atoms with Crippen LogP contribution in [0.15, 0.2) is 24.0 Å². The monoisotopic (exact) mass is 292 g/mol. The average molecular weight is 292 g/mol. The highest BCUT2D eigenvalue weighted by Crippen LogP contribution is 2.20. The molecule has 0 aliphatic carbocycles. The first kappa shape index (κ1) is 14.1. The van der Waals surface area contributed by atoms with Crippen molar-refractivity contribution in [3.63, 3.8) is 0 Å². The molecule has 1 amide bonds. The minimum absolute atomic E-state index is 0.0300. The van der Waals surface area contributed by atoms with E-state index in [1.54, 1.807) is 24.0 Å². The number of carbonyl (C=O) groups excluding carboxylic acids is 1. The van der Waals surface area contributed by atoms with Gasteiger partial charge in [-0.2, -0.15) is 0 Å². The molecule has 2 heterocycles. The minimum atomic E-state index is -0.877. The second kappa shape index (κ2) is 6.71. The Kier molecular flexibility index (Phi) is 4.72. The molecule has 0 aromatic carbocycles. The van der Waals surface area contributed by atoms with E-state index in [2.05, 4.69) is 20.3 Å². The van der Waals surface area contributed by atoms with Crippen molar-refractivity contribution in [1.29, 1.82) is 0 Å². The van der Waals surface area contributed by atoms with Crippen LogP contribution in [0.4, 0.5) is 0 Å². The number of carboxylic acids is 1. The second-order valence-corrected chi connectivity index (χ2v) is 4.74. The van der Waals surface area contributed by atoms with Gasteiger partial charge in [-0.05, 0) is 6.42 Å². The van der Waals surface area contributed by atoms with Gasteiger partial charge in [0.1, 0.15) is 16.4 Å². The summed E-state index contributed by atoms with van der Waals surface area (Å²) in [6, 6.07) is 0. The van der Waals surface area contributed by atoms with Crippen molar-refractivity contribution >= 4 is 23.2 Å². The number of rotatable bonds is 6. The number of nitrogens with zero attached hydrogens (tertiary/aromatic N) is 3. The van der Waals surface area contributed by atoms with Crippen molar-refractivity contribution in [1.82, 2.24) is 20.3 Å². The number of thiazole rings is 1. The van der Waals surface area contributed by atoms with Crippen molar-refractivity contribution < 1.29 is 14.7 Å². The van der Waals surface area contributed by atoms with E-state index < -0.39 is 5.97 Å². The van der Waals surface area contributed by atoms with Crippen LogP contribution in [-0.2, 0) is 4.79 Å². The van der Waals surface area contributed by atoms with Crippen LogP contribution in [0.1, 0.15) is 23.3 Å². The van der Waals surface area contributed by atoms with Gasteiger partial charge in [-0.1, -0.05) is 0 Å². The minimum Gasteiger partial charge on any atom is -0.481 e. The molecule has 104 valence electrons. The van der Waals surface area contributed by atoms with Gasteiger partial charge in [-0.3, -0.25) is 19.6 Å². The molecule has 0 radical (unpaired) electrons. The lowest BCUT2D eigenvalue weighted by molar-refractivity contribution is -0.137. The molecule has 8 heteroatoms. The lowest BCUT2D eigenvalue weighted by atomic mass is 10.3. The number of hydrogen-bond acceptors (Lipinski definition) is 6. The SMILES string of the molecule is O=C(O)CCCNC(=O)c1csc(-c2cnccn2)n1. The Morgan fingerprint density at radius 1 is 1.35 bits per heavy atom. The van der Waals surface area contributed by atoms with Crippen LogP contribution in [0.2, 0.25) is 0 Å². The molecule has 2 rings (SSSR count).